The van der Waals surface area contributed by atoms with Crippen molar-refractivity contribution in [2.75, 3.05) is 5.73 Å². The molecular weight excluding hydrogens is 325 g/mol. The Balaban J connectivity index is 2.39. The summed E-state index contributed by atoms with van der Waals surface area (Å²) in [6, 6.07) is 6.71. The molecule has 7 heteroatoms. The summed E-state index contributed by atoms with van der Waals surface area (Å²) in [6.07, 6.45) is -3.31. The van der Waals surface area contributed by atoms with Gasteiger partial charge in [-0.15, -0.1) is 0 Å². The van der Waals surface area contributed by atoms with Crippen LogP contribution in [0.3, 0.4) is 0 Å². The summed E-state index contributed by atoms with van der Waals surface area (Å²) in [7, 11) is 0. The normalized spacial score (nSPS) is 11.4. The summed E-state index contributed by atoms with van der Waals surface area (Å²) < 4.78 is 44.1. The maximum absolute atomic E-state index is 12.8. The second kappa shape index (κ2) is 5.08. The number of halogens is 4. The number of nitrogen functional groups attached to an aromatic ring is 1. The number of benzene rings is 1. The van der Waals surface area contributed by atoms with Gasteiger partial charge in [0.05, 0.1) is 5.69 Å². The molecule has 0 bridgehead atoms. The van der Waals surface area contributed by atoms with Crippen LogP contribution in [0.1, 0.15) is 5.56 Å². The first-order valence-corrected chi connectivity index (χ1v) is 5.92. The van der Waals surface area contributed by atoms with Crippen molar-refractivity contribution >= 4 is 21.6 Å². The highest BCUT2D eigenvalue weighted by Crippen LogP contribution is 2.38. The van der Waals surface area contributed by atoms with Gasteiger partial charge in [-0.05, 0) is 30.3 Å². The van der Waals surface area contributed by atoms with E-state index in [-0.39, 0.29) is 11.4 Å². The van der Waals surface area contributed by atoms with Crippen LogP contribution in [0.4, 0.5) is 18.9 Å². The third-order valence-electron chi connectivity index (χ3n) is 2.26. The predicted octanol–water partition coefficient (Wildman–Crippen LogP) is 4.24. The highest BCUT2D eigenvalue weighted by molar-refractivity contribution is 9.10. The Labute approximate surface area is 115 Å². The van der Waals surface area contributed by atoms with Crippen LogP contribution in [0.25, 0.3) is 0 Å². The van der Waals surface area contributed by atoms with Gasteiger partial charge in [-0.3, -0.25) is 0 Å². The molecule has 0 atom stereocenters. The van der Waals surface area contributed by atoms with Gasteiger partial charge < -0.3 is 10.5 Å². The summed E-state index contributed by atoms with van der Waals surface area (Å²) in [5, 5.41) is 0. The molecular formula is C12H8BrF3N2O. The molecule has 0 unspecified atom stereocenters. The third kappa shape index (κ3) is 3.17. The maximum atomic E-state index is 12.8. The number of hydrogen-bond donors (Lipinski definition) is 1. The molecule has 1 heterocycles. The molecule has 19 heavy (non-hydrogen) atoms. The number of alkyl halides is 3. The molecule has 0 radical (unpaired) electrons. The number of anilines is 1. The molecule has 0 aliphatic rings. The molecule has 0 spiro atoms. The number of hydrogen-bond acceptors (Lipinski definition) is 3. The Hall–Kier alpha value is -1.76. The lowest BCUT2D eigenvalue weighted by atomic mass is 10.2. The molecule has 3 nitrogen and oxygen atoms in total. The van der Waals surface area contributed by atoms with E-state index in [0.717, 1.165) is 6.07 Å². The number of nitrogens with two attached hydrogens (primary N) is 1. The van der Waals surface area contributed by atoms with E-state index in [9.17, 15) is 13.2 Å². The molecule has 2 aromatic rings. The fourth-order valence-corrected chi connectivity index (χ4v) is 1.78. The van der Waals surface area contributed by atoms with Crippen molar-refractivity contribution < 1.29 is 17.9 Å². The molecule has 0 amide bonds. The second-order valence-electron chi connectivity index (χ2n) is 3.64. The molecule has 1 aromatic carbocycles. The largest absolute Gasteiger partial charge is 0.436 e. The highest BCUT2D eigenvalue weighted by Gasteiger charge is 2.35. The number of rotatable bonds is 2. The summed E-state index contributed by atoms with van der Waals surface area (Å²) in [5.41, 5.74) is 4.93. The lowest BCUT2D eigenvalue weighted by Crippen LogP contribution is -2.08. The molecule has 2 N–H and O–H groups in total. The molecule has 100 valence electrons. The van der Waals surface area contributed by atoms with E-state index in [1.54, 1.807) is 6.07 Å². The molecule has 0 fully saturated rings. The van der Waals surface area contributed by atoms with Crippen LogP contribution < -0.4 is 10.5 Å². The minimum Gasteiger partial charge on any atom is -0.436 e. The van der Waals surface area contributed by atoms with Crippen molar-refractivity contribution in [2.45, 2.75) is 6.18 Å². The van der Waals surface area contributed by atoms with E-state index in [1.807, 2.05) is 0 Å². The molecule has 0 saturated carbocycles. The third-order valence-corrected chi connectivity index (χ3v) is 2.75. The fraction of sp³-hybridized carbons (Fsp3) is 0.0833. The lowest BCUT2D eigenvalue weighted by molar-refractivity contribution is -0.138. The fourth-order valence-electron chi connectivity index (χ4n) is 1.40. The Morgan fingerprint density at radius 2 is 1.95 bits per heavy atom. The Morgan fingerprint density at radius 3 is 2.58 bits per heavy atom. The standard InChI is InChI=1S/C12H8BrF3N2O/c13-7-3-4-10(9(17)6-7)19-11-8(12(14,15)16)2-1-5-18-11/h1-6H,17H2. The average molecular weight is 333 g/mol. The van der Waals surface area contributed by atoms with Gasteiger partial charge in [0.1, 0.15) is 5.56 Å². The van der Waals surface area contributed by atoms with Gasteiger partial charge in [-0.1, -0.05) is 15.9 Å². The van der Waals surface area contributed by atoms with Gasteiger partial charge >= 0.3 is 6.18 Å². The minimum atomic E-state index is -4.53. The van der Waals surface area contributed by atoms with Crippen molar-refractivity contribution in [3.63, 3.8) is 0 Å². The summed E-state index contributed by atoms with van der Waals surface area (Å²) in [6.45, 7) is 0. The second-order valence-corrected chi connectivity index (χ2v) is 4.55. The van der Waals surface area contributed by atoms with Crippen LogP contribution in [0, 0.1) is 0 Å². The van der Waals surface area contributed by atoms with Crippen molar-refractivity contribution in [3.05, 3.63) is 46.6 Å². The van der Waals surface area contributed by atoms with Gasteiger partial charge in [0.25, 0.3) is 0 Å². The molecule has 0 aliphatic carbocycles. The summed E-state index contributed by atoms with van der Waals surface area (Å²) in [4.78, 5) is 3.59. The Morgan fingerprint density at radius 1 is 1.21 bits per heavy atom. The molecule has 1 aromatic heterocycles. The zero-order chi connectivity index (χ0) is 14.0. The van der Waals surface area contributed by atoms with E-state index in [0.29, 0.717) is 4.47 Å². The monoisotopic (exact) mass is 332 g/mol. The molecule has 2 rings (SSSR count). The first-order valence-electron chi connectivity index (χ1n) is 5.13. The lowest BCUT2D eigenvalue weighted by Gasteiger charge is -2.13. The van der Waals surface area contributed by atoms with Gasteiger partial charge in [-0.25, -0.2) is 4.98 Å². The highest BCUT2D eigenvalue weighted by atomic mass is 79.9. The van der Waals surface area contributed by atoms with Crippen LogP contribution in [0.2, 0.25) is 0 Å². The van der Waals surface area contributed by atoms with Gasteiger partial charge in [0, 0.05) is 10.7 Å². The van der Waals surface area contributed by atoms with Crippen molar-refractivity contribution in [1.82, 2.24) is 4.98 Å². The first-order chi connectivity index (χ1) is 8.88. The summed E-state index contributed by atoms with van der Waals surface area (Å²) >= 11 is 3.20. The van der Waals surface area contributed by atoms with Crippen LogP contribution in [0.15, 0.2) is 41.0 Å². The van der Waals surface area contributed by atoms with E-state index in [4.69, 9.17) is 10.5 Å². The van der Waals surface area contributed by atoms with Gasteiger partial charge in [0.15, 0.2) is 5.75 Å². The number of nitrogens with zero attached hydrogens (tertiary/aromatic N) is 1. The van der Waals surface area contributed by atoms with E-state index in [1.165, 1.54) is 24.4 Å². The van der Waals surface area contributed by atoms with E-state index >= 15 is 0 Å². The van der Waals surface area contributed by atoms with Crippen LogP contribution in [-0.4, -0.2) is 4.98 Å². The van der Waals surface area contributed by atoms with E-state index in [2.05, 4.69) is 20.9 Å². The van der Waals surface area contributed by atoms with Crippen LogP contribution in [0.5, 0.6) is 11.6 Å². The average Bonchev–Trinajstić information content (AvgIpc) is 2.32. The summed E-state index contributed by atoms with van der Waals surface area (Å²) in [5.74, 6) is -0.406. The minimum absolute atomic E-state index is 0.118. The van der Waals surface area contributed by atoms with Crippen LogP contribution in [-0.2, 0) is 6.18 Å². The smallest absolute Gasteiger partial charge is 0.421 e. The number of ether oxygens (including phenoxy) is 1. The van der Waals surface area contributed by atoms with Gasteiger partial charge in [0.2, 0.25) is 5.88 Å². The van der Waals surface area contributed by atoms with Crippen LogP contribution >= 0.6 is 15.9 Å². The van der Waals surface area contributed by atoms with Crippen molar-refractivity contribution in [2.24, 2.45) is 0 Å². The zero-order valence-corrected chi connectivity index (χ0v) is 11.0. The Kier molecular flexibility index (Phi) is 3.66. The topological polar surface area (TPSA) is 48.1 Å². The zero-order valence-electron chi connectivity index (χ0n) is 9.41. The van der Waals surface area contributed by atoms with Gasteiger partial charge in [-0.2, -0.15) is 13.2 Å². The SMILES string of the molecule is Nc1cc(Br)ccc1Oc1ncccc1C(F)(F)F. The Bertz CT molecular complexity index is 602. The maximum Gasteiger partial charge on any atom is 0.421 e. The number of aromatic nitrogens is 1. The molecule has 0 aliphatic heterocycles. The molecule has 0 saturated heterocycles. The van der Waals surface area contributed by atoms with Crippen molar-refractivity contribution in [3.8, 4) is 11.6 Å². The predicted molar refractivity (Wildman–Crippen MR) is 67.9 cm³/mol. The van der Waals surface area contributed by atoms with E-state index < -0.39 is 17.6 Å². The quantitative estimate of drug-likeness (QED) is 0.837. The first kappa shape index (κ1) is 13.7. The number of pyridine rings is 1. The van der Waals surface area contributed by atoms with Crippen molar-refractivity contribution in [1.29, 1.82) is 0 Å².